The maximum atomic E-state index is 6.07. The molecular formula is C10H14ClNS. The number of hydrogen-bond acceptors (Lipinski definition) is 2. The summed E-state index contributed by atoms with van der Waals surface area (Å²) >= 11 is 7.85. The van der Waals surface area contributed by atoms with Gasteiger partial charge in [0.05, 0.1) is 0 Å². The Morgan fingerprint density at radius 1 is 1.54 bits per heavy atom. The molecule has 72 valence electrons. The molecule has 0 aliphatic rings. The van der Waals surface area contributed by atoms with Crippen molar-refractivity contribution < 1.29 is 0 Å². The van der Waals surface area contributed by atoms with Gasteiger partial charge in [-0.25, -0.2) is 0 Å². The molecule has 0 heterocycles. The fourth-order valence-corrected chi connectivity index (χ4v) is 2.58. The predicted octanol–water partition coefficient (Wildman–Crippen LogP) is 3.47. The minimum absolute atomic E-state index is 0.00255. The lowest BCUT2D eigenvalue weighted by atomic mass is 10.1. The summed E-state index contributed by atoms with van der Waals surface area (Å²) in [5.74, 6) is 1.04. The number of benzene rings is 1. The van der Waals surface area contributed by atoms with E-state index in [2.05, 4.69) is 13.0 Å². The average Bonchev–Trinajstić information content (AvgIpc) is 2.04. The largest absolute Gasteiger partial charge is 0.324 e. The first-order valence-corrected chi connectivity index (χ1v) is 5.70. The fraction of sp³-hybridized carbons (Fsp3) is 0.400. The molecule has 1 aromatic carbocycles. The highest BCUT2D eigenvalue weighted by Crippen LogP contribution is 2.31. The fourth-order valence-electron chi connectivity index (χ4n) is 1.24. The van der Waals surface area contributed by atoms with E-state index in [9.17, 15) is 0 Å². The van der Waals surface area contributed by atoms with Crippen molar-refractivity contribution in [1.29, 1.82) is 0 Å². The normalized spacial score (nSPS) is 12.9. The average molecular weight is 216 g/mol. The van der Waals surface area contributed by atoms with Crippen LogP contribution < -0.4 is 5.73 Å². The molecule has 3 heteroatoms. The molecule has 1 rings (SSSR count). The second-order valence-electron chi connectivity index (χ2n) is 2.87. The van der Waals surface area contributed by atoms with E-state index in [0.29, 0.717) is 0 Å². The van der Waals surface area contributed by atoms with E-state index < -0.39 is 0 Å². The van der Waals surface area contributed by atoms with Crippen molar-refractivity contribution in [2.45, 2.75) is 24.8 Å². The maximum absolute atomic E-state index is 6.07. The van der Waals surface area contributed by atoms with E-state index >= 15 is 0 Å². The van der Waals surface area contributed by atoms with Crippen LogP contribution in [0.3, 0.4) is 0 Å². The monoisotopic (exact) mass is 215 g/mol. The zero-order chi connectivity index (χ0) is 9.84. The van der Waals surface area contributed by atoms with E-state index in [4.69, 9.17) is 17.3 Å². The Hall–Kier alpha value is -0.180. The first-order chi connectivity index (χ1) is 6.16. The van der Waals surface area contributed by atoms with Crippen LogP contribution in [0.1, 0.15) is 25.5 Å². The Balaban J connectivity index is 3.10. The van der Waals surface area contributed by atoms with E-state index in [1.54, 1.807) is 11.8 Å². The van der Waals surface area contributed by atoms with Gasteiger partial charge >= 0.3 is 0 Å². The summed E-state index contributed by atoms with van der Waals surface area (Å²) in [6.07, 6.45) is 0. The highest BCUT2D eigenvalue weighted by molar-refractivity contribution is 7.99. The van der Waals surface area contributed by atoms with Crippen molar-refractivity contribution in [3.8, 4) is 0 Å². The van der Waals surface area contributed by atoms with Crippen LogP contribution in [0.15, 0.2) is 23.1 Å². The van der Waals surface area contributed by atoms with Crippen LogP contribution >= 0.6 is 23.4 Å². The van der Waals surface area contributed by atoms with Crippen molar-refractivity contribution in [2.24, 2.45) is 5.73 Å². The van der Waals surface area contributed by atoms with Crippen molar-refractivity contribution in [3.05, 3.63) is 28.8 Å². The Kier molecular flexibility index (Phi) is 4.10. The smallest absolute Gasteiger partial charge is 0.0464 e. The Bertz CT molecular complexity index is 286. The summed E-state index contributed by atoms with van der Waals surface area (Å²) in [7, 11) is 0. The molecule has 1 atom stereocenters. The highest BCUT2D eigenvalue weighted by atomic mass is 35.5. The Morgan fingerprint density at radius 2 is 2.23 bits per heavy atom. The molecule has 0 spiro atoms. The summed E-state index contributed by atoms with van der Waals surface area (Å²) in [6.45, 7) is 4.08. The van der Waals surface area contributed by atoms with Gasteiger partial charge in [0.1, 0.15) is 0 Å². The first-order valence-electron chi connectivity index (χ1n) is 4.33. The number of halogens is 1. The minimum atomic E-state index is 0.00255. The van der Waals surface area contributed by atoms with Gasteiger partial charge in [0, 0.05) is 21.5 Å². The molecule has 0 bridgehead atoms. The SMILES string of the molecule is CCSc1cccc(Cl)c1[C@H](C)N. The van der Waals surface area contributed by atoms with E-state index in [0.717, 1.165) is 16.3 Å². The lowest BCUT2D eigenvalue weighted by molar-refractivity contribution is 0.798. The van der Waals surface area contributed by atoms with Gasteiger partial charge in [-0.15, -0.1) is 11.8 Å². The number of nitrogens with two attached hydrogens (primary N) is 1. The molecule has 0 fully saturated rings. The molecular weight excluding hydrogens is 202 g/mol. The van der Waals surface area contributed by atoms with Crippen LogP contribution in [0, 0.1) is 0 Å². The quantitative estimate of drug-likeness (QED) is 0.782. The molecule has 0 aliphatic carbocycles. The second-order valence-corrected chi connectivity index (χ2v) is 4.59. The van der Waals surface area contributed by atoms with Gasteiger partial charge in [-0.2, -0.15) is 0 Å². The van der Waals surface area contributed by atoms with E-state index in [1.807, 2.05) is 19.1 Å². The summed E-state index contributed by atoms with van der Waals surface area (Å²) in [6, 6.07) is 5.92. The van der Waals surface area contributed by atoms with Gasteiger partial charge < -0.3 is 5.73 Å². The van der Waals surface area contributed by atoms with Gasteiger partial charge in [0.2, 0.25) is 0 Å². The van der Waals surface area contributed by atoms with Crippen molar-refractivity contribution in [3.63, 3.8) is 0 Å². The first kappa shape index (κ1) is 10.9. The molecule has 13 heavy (non-hydrogen) atoms. The Morgan fingerprint density at radius 3 is 2.77 bits per heavy atom. The summed E-state index contributed by atoms with van der Waals surface area (Å²) < 4.78 is 0. The lowest BCUT2D eigenvalue weighted by Crippen LogP contribution is -2.07. The van der Waals surface area contributed by atoms with Crippen LogP contribution in [0.4, 0.5) is 0 Å². The van der Waals surface area contributed by atoms with Crippen molar-refractivity contribution >= 4 is 23.4 Å². The van der Waals surface area contributed by atoms with Crippen LogP contribution in [0.25, 0.3) is 0 Å². The molecule has 0 unspecified atom stereocenters. The zero-order valence-electron chi connectivity index (χ0n) is 7.88. The van der Waals surface area contributed by atoms with E-state index in [1.165, 1.54) is 4.90 Å². The molecule has 0 saturated heterocycles. The molecule has 0 radical (unpaired) electrons. The van der Waals surface area contributed by atoms with Crippen LogP contribution in [0.2, 0.25) is 5.02 Å². The Labute approximate surface area is 88.7 Å². The van der Waals surface area contributed by atoms with Gasteiger partial charge in [0.25, 0.3) is 0 Å². The summed E-state index contributed by atoms with van der Waals surface area (Å²) in [4.78, 5) is 1.20. The van der Waals surface area contributed by atoms with E-state index in [-0.39, 0.29) is 6.04 Å². The third kappa shape index (κ3) is 2.63. The minimum Gasteiger partial charge on any atom is -0.324 e. The zero-order valence-corrected chi connectivity index (χ0v) is 9.45. The van der Waals surface area contributed by atoms with Crippen molar-refractivity contribution in [1.82, 2.24) is 0 Å². The summed E-state index contributed by atoms with van der Waals surface area (Å²) in [5.41, 5.74) is 6.91. The summed E-state index contributed by atoms with van der Waals surface area (Å²) in [5, 5.41) is 0.772. The second kappa shape index (κ2) is 4.89. The van der Waals surface area contributed by atoms with Gasteiger partial charge in [-0.3, -0.25) is 0 Å². The molecule has 0 aliphatic heterocycles. The molecule has 1 nitrogen and oxygen atoms in total. The third-order valence-electron chi connectivity index (χ3n) is 1.77. The van der Waals surface area contributed by atoms with Gasteiger partial charge in [0.15, 0.2) is 0 Å². The van der Waals surface area contributed by atoms with Gasteiger partial charge in [-0.05, 0) is 24.8 Å². The van der Waals surface area contributed by atoms with Crippen LogP contribution in [0.5, 0.6) is 0 Å². The number of rotatable bonds is 3. The number of hydrogen-bond donors (Lipinski definition) is 1. The lowest BCUT2D eigenvalue weighted by Gasteiger charge is -2.13. The van der Waals surface area contributed by atoms with Crippen LogP contribution in [-0.4, -0.2) is 5.75 Å². The highest BCUT2D eigenvalue weighted by Gasteiger charge is 2.10. The standard InChI is InChI=1S/C10H14ClNS/c1-3-13-9-6-4-5-8(11)10(9)7(2)12/h4-7H,3,12H2,1-2H3/t7-/m0/s1. The van der Waals surface area contributed by atoms with Crippen LogP contribution in [-0.2, 0) is 0 Å². The van der Waals surface area contributed by atoms with Gasteiger partial charge in [-0.1, -0.05) is 24.6 Å². The number of thioether (sulfide) groups is 1. The topological polar surface area (TPSA) is 26.0 Å². The maximum Gasteiger partial charge on any atom is 0.0464 e. The molecule has 0 amide bonds. The molecule has 0 aromatic heterocycles. The molecule has 2 N–H and O–H groups in total. The molecule has 1 aromatic rings. The van der Waals surface area contributed by atoms with Crippen molar-refractivity contribution in [2.75, 3.05) is 5.75 Å². The molecule has 0 saturated carbocycles. The third-order valence-corrected chi connectivity index (χ3v) is 3.05. The predicted molar refractivity (Wildman–Crippen MR) is 60.5 cm³/mol.